The number of hydrogen-bond acceptors (Lipinski definition) is 5. The number of aryl methyl sites for hydroxylation is 2. The molecule has 142 valence electrons. The molecule has 0 radical (unpaired) electrons. The SMILES string of the molecule is C[C@@](N)(CCc1ccc(C#CCCc2ccccc2)o1)COC(=O)C(=O)O. The summed E-state index contributed by atoms with van der Waals surface area (Å²) in [5.41, 5.74) is 6.43. The van der Waals surface area contributed by atoms with Crippen molar-refractivity contribution in [2.75, 3.05) is 6.61 Å². The van der Waals surface area contributed by atoms with Crippen LogP contribution >= 0.6 is 0 Å². The Bertz CT molecular complexity index is 827. The molecule has 0 aliphatic rings. The van der Waals surface area contributed by atoms with Crippen molar-refractivity contribution in [3.63, 3.8) is 0 Å². The first kappa shape index (κ1) is 20.3. The van der Waals surface area contributed by atoms with E-state index in [9.17, 15) is 9.59 Å². The van der Waals surface area contributed by atoms with Crippen molar-refractivity contribution >= 4 is 11.9 Å². The summed E-state index contributed by atoms with van der Waals surface area (Å²) in [5.74, 6) is 4.48. The van der Waals surface area contributed by atoms with E-state index in [-0.39, 0.29) is 6.61 Å². The second kappa shape index (κ2) is 9.60. The molecule has 3 N–H and O–H groups in total. The fraction of sp³-hybridized carbons (Fsp3) is 0.333. The molecule has 1 aromatic heterocycles. The summed E-state index contributed by atoms with van der Waals surface area (Å²) in [6, 6.07) is 13.8. The van der Waals surface area contributed by atoms with Gasteiger partial charge in [0.25, 0.3) is 0 Å². The molecule has 1 aromatic carbocycles. The molecule has 1 heterocycles. The van der Waals surface area contributed by atoms with Crippen LogP contribution in [-0.4, -0.2) is 29.2 Å². The second-order valence-corrected chi connectivity index (χ2v) is 6.59. The number of carboxylic acids is 1. The van der Waals surface area contributed by atoms with E-state index in [1.807, 2.05) is 30.3 Å². The number of carbonyl (C=O) groups is 2. The van der Waals surface area contributed by atoms with Crippen molar-refractivity contribution in [2.45, 2.75) is 38.1 Å². The quantitative estimate of drug-likeness (QED) is 0.442. The number of carbonyl (C=O) groups excluding carboxylic acids is 1. The summed E-state index contributed by atoms with van der Waals surface area (Å²) in [4.78, 5) is 21.4. The van der Waals surface area contributed by atoms with Crippen LogP contribution in [0.25, 0.3) is 0 Å². The van der Waals surface area contributed by atoms with Crippen LogP contribution in [0.5, 0.6) is 0 Å². The van der Waals surface area contributed by atoms with Gasteiger partial charge in [0.15, 0.2) is 5.76 Å². The van der Waals surface area contributed by atoms with Crippen molar-refractivity contribution in [3.8, 4) is 11.8 Å². The third-order valence-electron chi connectivity index (χ3n) is 3.90. The lowest BCUT2D eigenvalue weighted by molar-refractivity contribution is -0.164. The maximum Gasteiger partial charge on any atom is 0.417 e. The standard InChI is InChI=1S/C21H23NO5/c1-21(22,15-26-20(25)19(23)24)14-13-18-12-11-17(27-18)10-6-5-9-16-7-3-2-4-8-16/h2-4,7-8,11-12H,5,9,13-15,22H2,1H3,(H,23,24)/t21-/m1/s1. The van der Waals surface area contributed by atoms with E-state index in [4.69, 9.17) is 15.3 Å². The summed E-state index contributed by atoms with van der Waals surface area (Å²) in [7, 11) is 0. The summed E-state index contributed by atoms with van der Waals surface area (Å²) in [5, 5.41) is 8.50. The first-order chi connectivity index (χ1) is 12.9. The monoisotopic (exact) mass is 369 g/mol. The van der Waals surface area contributed by atoms with Crippen LogP contribution in [-0.2, 0) is 27.2 Å². The molecule has 27 heavy (non-hydrogen) atoms. The Balaban J connectivity index is 1.77. The molecule has 2 rings (SSSR count). The van der Waals surface area contributed by atoms with Gasteiger partial charge in [0.05, 0.1) is 0 Å². The van der Waals surface area contributed by atoms with E-state index >= 15 is 0 Å². The molecule has 0 amide bonds. The van der Waals surface area contributed by atoms with E-state index in [1.165, 1.54) is 5.56 Å². The molecule has 0 saturated heterocycles. The van der Waals surface area contributed by atoms with Crippen molar-refractivity contribution in [1.82, 2.24) is 0 Å². The maximum atomic E-state index is 11.0. The van der Waals surface area contributed by atoms with E-state index in [0.717, 1.165) is 18.6 Å². The Labute approximate surface area is 158 Å². The van der Waals surface area contributed by atoms with Gasteiger partial charge in [0.1, 0.15) is 12.4 Å². The van der Waals surface area contributed by atoms with Gasteiger partial charge in [0.2, 0.25) is 0 Å². The third-order valence-corrected chi connectivity index (χ3v) is 3.90. The summed E-state index contributed by atoms with van der Waals surface area (Å²) < 4.78 is 10.3. The van der Waals surface area contributed by atoms with E-state index in [0.29, 0.717) is 18.6 Å². The molecular weight excluding hydrogens is 346 g/mol. The fourth-order valence-corrected chi connectivity index (χ4v) is 2.35. The largest absolute Gasteiger partial charge is 0.473 e. The molecule has 1 atom stereocenters. The number of benzene rings is 1. The van der Waals surface area contributed by atoms with Gasteiger partial charge in [-0.2, -0.15) is 0 Å². The van der Waals surface area contributed by atoms with Crippen LogP contribution in [0.4, 0.5) is 0 Å². The minimum atomic E-state index is -1.63. The van der Waals surface area contributed by atoms with E-state index in [2.05, 4.69) is 28.7 Å². The molecule has 0 unspecified atom stereocenters. The highest BCUT2D eigenvalue weighted by atomic mass is 16.6. The van der Waals surface area contributed by atoms with Crippen molar-refractivity contribution in [2.24, 2.45) is 5.73 Å². The Morgan fingerprint density at radius 3 is 2.63 bits per heavy atom. The van der Waals surface area contributed by atoms with Crippen molar-refractivity contribution < 1.29 is 23.8 Å². The molecule has 0 spiro atoms. The van der Waals surface area contributed by atoms with Gasteiger partial charge < -0.3 is 20.0 Å². The molecule has 0 aliphatic carbocycles. The first-order valence-corrected chi connectivity index (χ1v) is 8.66. The molecule has 0 bridgehead atoms. The van der Waals surface area contributed by atoms with E-state index < -0.39 is 17.5 Å². The number of esters is 1. The number of ether oxygens (including phenoxy) is 1. The van der Waals surface area contributed by atoms with Crippen LogP contribution in [0.3, 0.4) is 0 Å². The number of furan rings is 1. The van der Waals surface area contributed by atoms with Crippen LogP contribution in [0.15, 0.2) is 46.9 Å². The van der Waals surface area contributed by atoms with Gasteiger partial charge in [-0.25, -0.2) is 9.59 Å². The topological polar surface area (TPSA) is 103 Å². The zero-order valence-corrected chi connectivity index (χ0v) is 15.2. The van der Waals surface area contributed by atoms with Crippen molar-refractivity contribution in [1.29, 1.82) is 0 Å². The smallest absolute Gasteiger partial charge is 0.417 e. The van der Waals surface area contributed by atoms with Crippen LogP contribution in [0.1, 0.15) is 36.8 Å². The van der Waals surface area contributed by atoms with Crippen LogP contribution in [0, 0.1) is 11.8 Å². The molecule has 2 aromatic rings. The van der Waals surface area contributed by atoms with Gasteiger partial charge in [0, 0.05) is 18.4 Å². The highest BCUT2D eigenvalue weighted by Crippen LogP contribution is 2.15. The average molecular weight is 369 g/mol. The average Bonchev–Trinajstić information content (AvgIpc) is 3.10. The minimum Gasteiger partial charge on any atom is -0.473 e. The zero-order valence-electron chi connectivity index (χ0n) is 15.2. The van der Waals surface area contributed by atoms with Crippen molar-refractivity contribution in [3.05, 3.63) is 59.5 Å². The summed E-state index contributed by atoms with van der Waals surface area (Å²) in [6.45, 7) is 1.51. The number of nitrogens with two attached hydrogens (primary N) is 1. The fourth-order valence-electron chi connectivity index (χ4n) is 2.35. The normalized spacial score (nSPS) is 12.5. The molecule has 0 fully saturated rings. The first-order valence-electron chi connectivity index (χ1n) is 8.66. The summed E-state index contributed by atoms with van der Waals surface area (Å²) in [6.07, 6.45) is 2.63. The minimum absolute atomic E-state index is 0.176. The molecule has 0 aliphatic heterocycles. The highest BCUT2D eigenvalue weighted by Gasteiger charge is 2.23. The summed E-state index contributed by atoms with van der Waals surface area (Å²) >= 11 is 0. The Hall–Kier alpha value is -3.04. The number of aliphatic carboxylic acids is 1. The number of hydrogen-bond donors (Lipinski definition) is 2. The molecule has 6 heteroatoms. The molecular formula is C21H23NO5. The number of rotatable bonds is 7. The van der Waals surface area contributed by atoms with Gasteiger partial charge in [-0.3, -0.25) is 0 Å². The maximum absolute atomic E-state index is 11.0. The second-order valence-electron chi connectivity index (χ2n) is 6.59. The lowest BCUT2D eigenvalue weighted by Gasteiger charge is -2.23. The van der Waals surface area contributed by atoms with Gasteiger partial charge >= 0.3 is 11.9 Å². The van der Waals surface area contributed by atoms with Gasteiger partial charge in [-0.1, -0.05) is 36.3 Å². The Kier molecular flexibility index (Phi) is 7.21. The zero-order chi connectivity index (χ0) is 19.7. The Morgan fingerprint density at radius 2 is 1.93 bits per heavy atom. The Morgan fingerprint density at radius 1 is 1.19 bits per heavy atom. The van der Waals surface area contributed by atoms with Crippen LogP contribution in [0.2, 0.25) is 0 Å². The molecule has 6 nitrogen and oxygen atoms in total. The van der Waals surface area contributed by atoms with Gasteiger partial charge in [-0.15, -0.1) is 0 Å². The van der Waals surface area contributed by atoms with Gasteiger partial charge in [-0.05, 0) is 43.4 Å². The lowest BCUT2D eigenvalue weighted by Crippen LogP contribution is -2.43. The highest BCUT2D eigenvalue weighted by molar-refractivity contribution is 6.28. The molecule has 0 saturated carbocycles. The number of carboxylic acid groups (broad SMARTS) is 1. The van der Waals surface area contributed by atoms with Crippen LogP contribution < -0.4 is 5.73 Å². The lowest BCUT2D eigenvalue weighted by atomic mass is 9.97. The predicted octanol–water partition coefficient (Wildman–Crippen LogP) is 2.54. The van der Waals surface area contributed by atoms with E-state index in [1.54, 1.807) is 6.92 Å². The third kappa shape index (κ3) is 7.38. The predicted molar refractivity (Wildman–Crippen MR) is 99.9 cm³/mol.